The summed E-state index contributed by atoms with van der Waals surface area (Å²) in [4.78, 5) is 47.8. The first-order valence-corrected chi connectivity index (χ1v) is 11.8. The number of carboxylic acid groups (broad SMARTS) is 1. The average Bonchev–Trinajstić information content (AvgIpc) is 3.37. The number of nitrogens with zero attached hydrogens (tertiary/aromatic N) is 7. The molecule has 1 unspecified atom stereocenters. The van der Waals surface area contributed by atoms with E-state index in [9.17, 15) is 19.5 Å². The molecule has 33 heavy (non-hydrogen) atoms. The van der Waals surface area contributed by atoms with Gasteiger partial charge in [0.05, 0.1) is 11.7 Å². The molecule has 1 fully saturated rings. The molecule has 0 aromatic carbocycles. The van der Waals surface area contributed by atoms with Crippen LogP contribution in [0.3, 0.4) is 0 Å². The van der Waals surface area contributed by atoms with Crippen molar-refractivity contribution in [3.05, 3.63) is 22.3 Å². The molecule has 4 heterocycles. The summed E-state index contributed by atoms with van der Waals surface area (Å²) in [6.07, 6.45) is 0. The molecule has 2 atom stereocenters. The number of rotatable bonds is 8. The van der Waals surface area contributed by atoms with E-state index in [4.69, 9.17) is 10.6 Å². The third-order valence-corrected chi connectivity index (χ3v) is 7.77. The van der Waals surface area contributed by atoms with Gasteiger partial charge in [0.25, 0.3) is 0 Å². The van der Waals surface area contributed by atoms with Crippen molar-refractivity contribution in [1.29, 1.82) is 0 Å². The number of β-lactam (4-membered cyclic amide) rings is 1. The summed E-state index contributed by atoms with van der Waals surface area (Å²) < 4.78 is 1.45. The van der Waals surface area contributed by atoms with E-state index in [0.717, 1.165) is 16.2 Å². The minimum atomic E-state index is -1.49. The number of fused-ring (bicyclic) bond motifs is 1. The predicted molar refractivity (Wildman–Crippen MR) is 113 cm³/mol. The molecular formula is C16H15N8NaO5S3. The Kier molecular flexibility index (Phi) is 8.17. The van der Waals surface area contributed by atoms with Crippen LogP contribution in [-0.2, 0) is 26.3 Å². The number of carbonyl (C=O) groups is 3. The Hall–Kier alpha value is -1.98. The van der Waals surface area contributed by atoms with Crippen molar-refractivity contribution in [3.8, 4) is 0 Å². The van der Waals surface area contributed by atoms with Gasteiger partial charge in [0.2, 0.25) is 16.8 Å². The maximum absolute atomic E-state index is 13.1. The molecule has 2 N–H and O–H groups in total. The second-order valence-electron chi connectivity index (χ2n) is 6.56. The minimum absolute atomic E-state index is 0. The molecule has 0 bridgehead atoms. The van der Waals surface area contributed by atoms with E-state index < -0.39 is 29.0 Å². The molecule has 0 saturated carbocycles. The van der Waals surface area contributed by atoms with Crippen LogP contribution in [0.2, 0.25) is 0 Å². The van der Waals surface area contributed by atoms with Gasteiger partial charge in [-0.1, -0.05) is 16.9 Å². The maximum atomic E-state index is 13.1. The van der Waals surface area contributed by atoms with Crippen molar-refractivity contribution in [1.82, 2.24) is 30.1 Å². The Morgan fingerprint density at radius 2 is 2.21 bits per heavy atom. The standard InChI is InChI=1S/C16H16N8O5S3.Na/c1-23-16(19-21-22-23)32-4-6-3-30-13-8(12(26)24(13)10(6)14(27)28)11(25)9(20-29-2)7-5-31-15(17)18-7;/h5,8,13H,3-4H2,1-2H3,(H2,17,18)(H,27,28);/q;+1/p-1/b20-9-;/t8?,13-;/m1./s1. The van der Waals surface area contributed by atoms with Gasteiger partial charge in [-0.2, -0.15) is 0 Å². The molecular weight excluding hydrogens is 503 g/mol. The molecule has 2 aromatic rings. The van der Waals surface area contributed by atoms with E-state index in [1.807, 2.05) is 0 Å². The van der Waals surface area contributed by atoms with Gasteiger partial charge in [-0.25, -0.2) is 9.67 Å². The number of Topliss-reactive ketones (excluding diaryl/α,β-unsaturated/α-hetero) is 1. The van der Waals surface area contributed by atoms with Gasteiger partial charge in [-0.15, -0.1) is 28.2 Å². The van der Waals surface area contributed by atoms with Gasteiger partial charge < -0.3 is 20.5 Å². The molecule has 2 aliphatic heterocycles. The predicted octanol–water partition coefficient (Wildman–Crippen LogP) is -4.50. The van der Waals surface area contributed by atoms with Gasteiger partial charge in [0.15, 0.2) is 10.8 Å². The van der Waals surface area contributed by atoms with E-state index in [2.05, 4.69) is 25.7 Å². The quantitative estimate of drug-likeness (QED) is 0.0884. The van der Waals surface area contributed by atoms with Crippen LogP contribution in [0.25, 0.3) is 0 Å². The number of aromatic nitrogens is 5. The second-order valence-corrected chi connectivity index (χ2v) is 9.50. The Bertz CT molecular complexity index is 1160. The Labute approximate surface area is 221 Å². The molecule has 2 aliphatic rings. The zero-order chi connectivity index (χ0) is 23.0. The number of anilines is 1. The number of aryl methyl sites for hydroxylation is 1. The van der Waals surface area contributed by atoms with Crippen LogP contribution < -0.4 is 40.4 Å². The Morgan fingerprint density at radius 3 is 2.79 bits per heavy atom. The molecule has 0 spiro atoms. The van der Waals surface area contributed by atoms with Crippen LogP contribution in [0.4, 0.5) is 5.13 Å². The molecule has 1 saturated heterocycles. The number of carboxylic acids is 1. The van der Waals surface area contributed by atoms with Crippen LogP contribution in [0.15, 0.2) is 27.0 Å². The van der Waals surface area contributed by atoms with Crippen molar-refractivity contribution in [2.45, 2.75) is 10.5 Å². The summed E-state index contributed by atoms with van der Waals surface area (Å²) in [5.74, 6) is -3.34. The van der Waals surface area contributed by atoms with Crippen LogP contribution in [0.1, 0.15) is 5.69 Å². The molecule has 13 nitrogen and oxygen atoms in total. The van der Waals surface area contributed by atoms with Gasteiger partial charge in [0, 0.05) is 23.9 Å². The maximum Gasteiger partial charge on any atom is 1.00 e. The van der Waals surface area contributed by atoms with E-state index in [0.29, 0.717) is 16.5 Å². The summed E-state index contributed by atoms with van der Waals surface area (Å²) in [6.45, 7) is 0. The summed E-state index contributed by atoms with van der Waals surface area (Å²) in [5, 5.41) is 28.3. The molecule has 1 amide bonds. The Morgan fingerprint density at radius 1 is 1.45 bits per heavy atom. The number of hydrogen-bond donors (Lipinski definition) is 1. The molecule has 4 rings (SSSR count). The third-order valence-electron chi connectivity index (χ3n) is 4.66. The number of thioether (sulfide) groups is 2. The van der Waals surface area contributed by atoms with Gasteiger partial charge in [-0.3, -0.25) is 14.5 Å². The van der Waals surface area contributed by atoms with E-state index in [-0.39, 0.29) is 57.5 Å². The first-order valence-electron chi connectivity index (χ1n) is 8.93. The van der Waals surface area contributed by atoms with Crippen LogP contribution >= 0.6 is 34.9 Å². The number of nitrogen functional groups attached to an aromatic ring is 1. The number of aliphatic carboxylic acids is 1. The summed E-state index contributed by atoms with van der Waals surface area (Å²) in [5.41, 5.74) is 5.94. The minimum Gasteiger partial charge on any atom is -0.543 e. The number of ketones is 1. The first kappa shape index (κ1) is 25.6. The molecule has 168 valence electrons. The van der Waals surface area contributed by atoms with Crippen molar-refractivity contribution in [2.24, 2.45) is 18.1 Å². The summed E-state index contributed by atoms with van der Waals surface area (Å²) in [6, 6.07) is 0. The third kappa shape index (κ3) is 4.81. The monoisotopic (exact) mass is 518 g/mol. The van der Waals surface area contributed by atoms with Gasteiger partial charge in [0.1, 0.15) is 24.1 Å². The van der Waals surface area contributed by atoms with Crippen molar-refractivity contribution < 1.29 is 53.9 Å². The normalized spacial score (nSPS) is 20.1. The number of tetrazole rings is 1. The van der Waals surface area contributed by atoms with Crippen LogP contribution in [0, 0.1) is 5.92 Å². The average molecular weight is 519 g/mol. The van der Waals surface area contributed by atoms with Crippen LogP contribution in [-0.4, -0.2) is 77.5 Å². The number of carbonyl (C=O) groups excluding carboxylic acids is 3. The van der Waals surface area contributed by atoms with Crippen LogP contribution in [0.5, 0.6) is 0 Å². The Balaban J connectivity index is 0.00000306. The summed E-state index contributed by atoms with van der Waals surface area (Å²) in [7, 11) is 2.92. The fraction of sp³-hybridized carbons (Fsp3) is 0.375. The van der Waals surface area contributed by atoms with Crippen molar-refractivity contribution >= 4 is 63.4 Å². The number of nitrogens with two attached hydrogens (primary N) is 1. The molecule has 0 aliphatic carbocycles. The number of oxime groups is 1. The fourth-order valence-electron chi connectivity index (χ4n) is 3.24. The van der Waals surface area contributed by atoms with E-state index in [1.165, 1.54) is 40.7 Å². The molecule has 0 radical (unpaired) electrons. The van der Waals surface area contributed by atoms with E-state index in [1.54, 1.807) is 7.05 Å². The second kappa shape index (κ2) is 10.5. The molecule has 17 heteroatoms. The number of amides is 1. The fourth-order valence-corrected chi connectivity index (χ4v) is 6.18. The topological polar surface area (TPSA) is 182 Å². The largest absolute Gasteiger partial charge is 1.00 e. The SMILES string of the molecule is CO/N=C(\C(=O)C1C(=O)N2C(C(=O)[O-])=C(CSc3nnnn3C)CS[C@H]12)c1csc(N)n1.[Na+]. The van der Waals surface area contributed by atoms with Gasteiger partial charge >= 0.3 is 29.6 Å². The molecule has 2 aromatic heterocycles. The first-order chi connectivity index (χ1) is 15.3. The zero-order valence-corrected chi connectivity index (χ0v) is 22.1. The number of thiazole rings is 1. The number of hydrogen-bond acceptors (Lipinski definition) is 14. The van der Waals surface area contributed by atoms with Crippen molar-refractivity contribution in [2.75, 3.05) is 24.3 Å². The smallest absolute Gasteiger partial charge is 0.543 e. The summed E-state index contributed by atoms with van der Waals surface area (Å²) >= 11 is 3.63. The van der Waals surface area contributed by atoms with Crippen molar-refractivity contribution in [3.63, 3.8) is 0 Å². The van der Waals surface area contributed by atoms with Gasteiger partial charge in [-0.05, 0) is 16.0 Å². The zero-order valence-electron chi connectivity index (χ0n) is 17.6. The van der Waals surface area contributed by atoms with E-state index >= 15 is 0 Å².